The first-order valence-corrected chi connectivity index (χ1v) is 6.38. The number of hydrogen-bond donors (Lipinski definition) is 0. The maximum atomic E-state index is 12.3. The van der Waals surface area contributed by atoms with E-state index in [0.717, 1.165) is 6.07 Å². The first-order valence-electron chi connectivity index (χ1n) is 5.30. The van der Waals surface area contributed by atoms with Gasteiger partial charge in [0.2, 0.25) is 0 Å². The van der Waals surface area contributed by atoms with E-state index in [1.54, 1.807) is 29.5 Å². The molecule has 0 N–H and O–H groups in total. The molecule has 4 nitrogen and oxygen atoms in total. The van der Waals surface area contributed by atoms with Gasteiger partial charge in [0.05, 0.1) is 13.0 Å². The molecule has 0 fully saturated rings. The second-order valence-corrected chi connectivity index (χ2v) is 4.64. The predicted octanol–water partition coefficient (Wildman–Crippen LogP) is 3.00. The lowest BCUT2D eigenvalue weighted by atomic mass is 10.1. The Morgan fingerprint density at radius 1 is 1.47 bits per heavy atom. The summed E-state index contributed by atoms with van der Waals surface area (Å²) in [6.45, 7) is 3.29. The van der Waals surface area contributed by atoms with E-state index in [4.69, 9.17) is 4.74 Å². The van der Waals surface area contributed by atoms with Crippen molar-refractivity contribution >= 4 is 28.6 Å². The second-order valence-electron chi connectivity index (χ2n) is 3.54. The minimum absolute atomic E-state index is 0.0798. The lowest BCUT2D eigenvalue weighted by Crippen LogP contribution is -2.20. The summed E-state index contributed by atoms with van der Waals surface area (Å²) < 4.78 is 45.9. The summed E-state index contributed by atoms with van der Waals surface area (Å²) in [6, 6.07) is 1.13. The van der Waals surface area contributed by atoms with Crippen LogP contribution in [0, 0.1) is 10.6 Å². The van der Waals surface area contributed by atoms with Gasteiger partial charge < -0.3 is 9.47 Å². The highest BCUT2D eigenvalue weighted by Crippen LogP contribution is 2.29. The summed E-state index contributed by atoms with van der Waals surface area (Å²) in [5.41, 5.74) is 0.385. The van der Waals surface area contributed by atoms with E-state index in [2.05, 4.69) is 9.72 Å². The van der Waals surface area contributed by atoms with Crippen molar-refractivity contribution in [2.75, 3.05) is 6.61 Å². The molecule has 8 heteroatoms. The SMILES string of the molecule is CCOC(=O)Cc1c(OC(F)(F)F)cc(I)nc1C. The Labute approximate surface area is 121 Å². The quantitative estimate of drug-likeness (QED) is 0.452. The Kier molecular flexibility index (Phi) is 5.39. The molecule has 0 atom stereocenters. The Morgan fingerprint density at radius 2 is 2.11 bits per heavy atom. The van der Waals surface area contributed by atoms with Crippen LogP contribution in [0.1, 0.15) is 18.2 Å². The highest BCUT2D eigenvalue weighted by atomic mass is 127. The third-order valence-electron chi connectivity index (χ3n) is 2.11. The largest absolute Gasteiger partial charge is 0.573 e. The highest BCUT2D eigenvalue weighted by molar-refractivity contribution is 14.1. The number of carbonyl (C=O) groups is 1. The Balaban J connectivity index is 3.09. The average molecular weight is 389 g/mol. The average Bonchev–Trinajstić information content (AvgIpc) is 2.21. The summed E-state index contributed by atoms with van der Waals surface area (Å²) >= 11 is 1.77. The van der Waals surface area contributed by atoms with Gasteiger partial charge in [0.15, 0.2) is 0 Å². The lowest BCUT2D eigenvalue weighted by molar-refractivity contribution is -0.275. The Bertz CT molecular complexity index is 477. The van der Waals surface area contributed by atoms with Gasteiger partial charge in [0.1, 0.15) is 9.45 Å². The van der Waals surface area contributed by atoms with Gasteiger partial charge in [0, 0.05) is 17.3 Å². The first-order chi connectivity index (χ1) is 8.73. The van der Waals surface area contributed by atoms with Crippen LogP contribution in [0.4, 0.5) is 13.2 Å². The van der Waals surface area contributed by atoms with Crippen molar-refractivity contribution < 1.29 is 27.4 Å². The zero-order valence-corrected chi connectivity index (χ0v) is 12.3. The number of esters is 1. The maximum absolute atomic E-state index is 12.3. The molecule has 0 spiro atoms. The lowest BCUT2D eigenvalue weighted by Gasteiger charge is -2.15. The van der Waals surface area contributed by atoms with Crippen LogP contribution in [0.25, 0.3) is 0 Å². The highest BCUT2D eigenvalue weighted by Gasteiger charge is 2.33. The van der Waals surface area contributed by atoms with Crippen LogP contribution in [0.2, 0.25) is 0 Å². The molecule has 0 bridgehead atoms. The Morgan fingerprint density at radius 3 is 2.63 bits per heavy atom. The fourth-order valence-electron chi connectivity index (χ4n) is 1.42. The topological polar surface area (TPSA) is 48.4 Å². The van der Waals surface area contributed by atoms with E-state index in [1.807, 2.05) is 0 Å². The molecule has 0 saturated carbocycles. The van der Waals surface area contributed by atoms with Crippen molar-refractivity contribution in [3.8, 4) is 5.75 Å². The summed E-state index contributed by atoms with van der Waals surface area (Å²) in [4.78, 5) is 15.4. The minimum atomic E-state index is -4.82. The third kappa shape index (κ3) is 5.21. The monoisotopic (exact) mass is 389 g/mol. The van der Waals surface area contributed by atoms with Crippen LogP contribution >= 0.6 is 22.6 Å². The van der Waals surface area contributed by atoms with Gasteiger partial charge in [-0.1, -0.05) is 0 Å². The van der Waals surface area contributed by atoms with E-state index < -0.39 is 18.1 Å². The van der Waals surface area contributed by atoms with Crippen LogP contribution in [0.3, 0.4) is 0 Å². The van der Waals surface area contributed by atoms with Gasteiger partial charge in [-0.2, -0.15) is 0 Å². The fourth-order valence-corrected chi connectivity index (χ4v) is 2.07. The molecule has 1 rings (SSSR count). The normalized spacial score (nSPS) is 11.3. The van der Waals surface area contributed by atoms with Gasteiger partial charge in [-0.25, -0.2) is 4.98 Å². The predicted molar refractivity (Wildman–Crippen MR) is 68.7 cm³/mol. The second kappa shape index (κ2) is 6.40. The van der Waals surface area contributed by atoms with Crippen LogP contribution in [0.5, 0.6) is 5.75 Å². The summed E-state index contributed by atoms with van der Waals surface area (Å²) in [5, 5.41) is 0. The molecule has 0 aliphatic rings. The number of aryl methyl sites for hydroxylation is 1. The van der Waals surface area contributed by atoms with Gasteiger partial charge in [-0.05, 0) is 36.4 Å². The molecule has 1 aromatic heterocycles. The third-order valence-corrected chi connectivity index (χ3v) is 2.66. The molecule has 0 aliphatic heterocycles. The molecule has 0 aliphatic carbocycles. The van der Waals surface area contributed by atoms with Crippen molar-refractivity contribution in [3.63, 3.8) is 0 Å². The summed E-state index contributed by atoms with van der Waals surface area (Å²) in [6.07, 6.45) is -5.13. The fraction of sp³-hybridized carbons (Fsp3) is 0.455. The number of carbonyl (C=O) groups excluding carboxylic acids is 1. The number of aromatic nitrogens is 1. The maximum Gasteiger partial charge on any atom is 0.573 e. The zero-order chi connectivity index (χ0) is 14.6. The van der Waals surface area contributed by atoms with Gasteiger partial charge in [0.25, 0.3) is 0 Å². The number of hydrogen-bond acceptors (Lipinski definition) is 4. The number of halogens is 4. The van der Waals surface area contributed by atoms with Gasteiger partial charge >= 0.3 is 12.3 Å². The summed E-state index contributed by atoms with van der Waals surface area (Å²) in [7, 11) is 0. The molecule has 1 heterocycles. The molecule has 19 heavy (non-hydrogen) atoms. The number of alkyl halides is 3. The standard InChI is InChI=1S/C11H11F3INO3/c1-3-18-10(17)4-7-6(2)16-9(15)5-8(7)19-11(12,13)14/h5H,3-4H2,1-2H3. The van der Waals surface area contributed by atoms with Crippen LogP contribution in [0.15, 0.2) is 6.07 Å². The van der Waals surface area contributed by atoms with Crippen molar-refractivity contribution in [1.29, 1.82) is 0 Å². The molecular weight excluding hydrogens is 378 g/mol. The van der Waals surface area contributed by atoms with E-state index >= 15 is 0 Å². The summed E-state index contributed by atoms with van der Waals surface area (Å²) in [5.74, 6) is -1.04. The smallest absolute Gasteiger partial charge is 0.466 e. The molecular formula is C11H11F3INO3. The van der Waals surface area contributed by atoms with Crippen LogP contribution in [-0.2, 0) is 16.0 Å². The van der Waals surface area contributed by atoms with E-state index in [0.29, 0.717) is 9.39 Å². The number of pyridine rings is 1. The molecule has 0 radical (unpaired) electrons. The molecule has 1 aromatic rings. The van der Waals surface area contributed by atoms with Crippen molar-refractivity contribution in [2.45, 2.75) is 26.6 Å². The van der Waals surface area contributed by atoms with Gasteiger partial charge in [-0.3, -0.25) is 4.79 Å². The number of ether oxygens (including phenoxy) is 2. The zero-order valence-electron chi connectivity index (χ0n) is 10.2. The number of nitrogens with zero attached hydrogens (tertiary/aromatic N) is 1. The van der Waals surface area contributed by atoms with Gasteiger partial charge in [-0.15, -0.1) is 13.2 Å². The molecule has 0 aromatic carbocycles. The van der Waals surface area contributed by atoms with E-state index in [-0.39, 0.29) is 18.6 Å². The van der Waals surface area contributed by atoms with Crippen molar-refractivity contribution in [1.82, 2.24) is 4.98 Å². The van der Waals surface area contributed by atoms with E-state index in [9.17, 15) is 18.0 Å². The minimum Gasteiger partial charge on any atom is -0.466 e. The van der Waals surface area contributed by atoms with Crippen LogP contribution in [-0.4, -0.2) is 23.9 Å². The van der Waals surface area contributed by atoms with Crippen molar-refractivity contribution in [2.24, 2.45) is 0 Å². The van der Waals surface area contributed by atoms with Crippen LogP contribution < -0.4 is 4.74 Å². The van der Waals surface area contributed by atoms with E-state index in [1.165, 1.54) is 6.92 Å². The molecule has 106 valence electrons. The Hall–Kier alpha value is -1.06. The number of rotatable bonds is 4. The molecule has 0 unspecified atom stereocenters. The van der Waals surface area contributed by atoms with Crippen molar-refractivity contribution in [3.05, 3.63) is 21.0 Å². The first kappa shape index (κ1) is 16.0. The molecule has 0 saturated heterocycles. The molecule has 0 amide bonds.